The Morgan fingerprint density at radius 1 is 1.07 bits per heavy atom. The number of anilines is 1. The van der Waals surface area contributed by atoms with Crippen molar-refractivity contribution in [3.05, 3.63) is 81.7 Å². The van der Waals surface area contributed by atoms with Crippen LogP contribution < -0.4 is 24.8 Å². The van der Waals surface area contributed by atoms with Crippen molar-refractivity contribution >= 4 is 35.4 Å². The Kier molecular flexibility index (Phi) is 2.69. The van der Waals surface area contributed by atoms with Crippen LogP contribution in [0.3, 0.4) is 0 Å². The number of pyridine rings is 1. The van der Waals surface area contributed by atoms with Crippen molar-refractivity contribution < 1.29 is 9.30 Å². The first-order valence-electron chi connectivity index (χ1n) is 9.98. The molecule has 1 aliphatic carbocycles. The van der Waals surface area contributed by atoms with Crippen LogP contribution in [-0.2, 0) is 6.42 Å². The molecular formula is C25H19N2O+. The van der Waals surface area contributed by atoms with Crippen molar-refractivity contribution in [3.63, 3.8) is 0 Å². The van der Waals surface area contributed by atoms with Crippen molar-refractivity contribution in [1.29, 1.82) is 0 Å². The molecule has 0 N–H and O–H groups in total. The Labute approximate surface area is 163 Å². The fraction of sp³-hybridized carbons (Fsp3) is 0.160. The molecule has 0 spiro atoms. The number of hydrogen-bond acceptors (Lipinski definition) is 2. The van der Waals surface area contributed by atoms with E-state index in [-0.39, 0.29) is 0 Å². The fourth-order valence-corrected chi connectivity index (χ4v) is 5.23. The standard InChI is InChI=1S/C25H19N2O/c1-5-16-13-18-15-19-14-17-6-2-10-27-12-4-8-21(23(17)27)25(19)28-24(18)20-7-3-11-26(9-1)22(16)20/h1-5,8,10-13,15H,6-7,9,14H2/q+1. The van der Waals surface area contributed by atoms with Gasteiger partial charge in [0, 0.05) is 47.5 Å². The molecule has 3 nitrogen and oxygen atoms in total. The molecule has 0 radical (unpaired) electrons. The zero-order valence-corrected chi connectivity index (χ0v) is 15.5. The highest BCUT2D eigenvalue weighted by molar-refractivity contribution is 5.89. The van der Waals surface area contributed by atoms with Crippen LogP contribution in [0.1, 0.15) is 29.5 Å². The van der Waals surface area contributed by atoms with Crippen LogP contribution in [0.5, 0.6) is 5.75 Å². The summed E-state index contributed by atoms with van der Waals surface area (Å²) in [6.45, 7) is 0.931. The Balaban J connectivity index is 1.54. The lowest BCUT2D eigenvalue weighted by molar-refractivity contribution is -0.585. The van der Waals surface area contributed by atoms with Gasteiger partial charge in [0.2, 0.25) is 5.35 Å². The lowest BCUT2D eigenvalue weighted by atomic mass is 9.87. The summed E-state index contributed by atoms with van der Waals surface area (Å²) in [5.74, 6) is 2.08. The first-order valence-corrected chi connectivity index (χ1v) is 9.98. The smallest absolute Gasteiger partial charge is 0.221 e. The quantitative estimate of drug-likeness (QED) is 0.669. The van der Waals surface area contributed by atoms with Crippen LogP contribution in [0.4, 0.5) is 5.69 Å². The Hall–Kier alpha value is -3.33. The zero-order chi connectivity index (χ0) is 18.2. The van der Waals surface area contributed by atoms with Crippen LogP contribution in [-0.4, -0.2) is 6.54 Å². The van der Waals surface area contributed by atoms with E-state index >= 15 is 0 Å². The van der Waals surface area contributed by atoms with Crippen LogP contribution in [0.2, 0.25) is 0 Å². The molecule has 0 atom stereocenters. The SMILES string of the molecule is C1=C[n+]2cccc3c2=C(C1)CC1=Cc2cc4c5c(c2OC=31)CC=CN5CC=C4. The van der Waals surface area contributed by atoms with E-state index in [0.717, 1.165) is 37.3 Å². The van der Waals surface area contributed by atoms with Gasteiger partial charge in [-0.1, -0.05) is 18.2 Å². The molecule has 1 aromatic heterocycles. The summed E-state index contributed by atoms with van der Waals surface area (Å²) in [5.41, 5.74) is 7.93. The number of nitrogens with zero attached hydrogens (tertiary/aromatic N) is 2. The molecule has 0 bridgehead atoms. The minimum absolute atomic E-state index is 0.925. The normalized spacial score (nSPS) is 19.4. The van der Waals surface area contributed by atoms with Crippen molar-refractivity contribution in [1.82, 2.24) is 0 Å². The first-order chi connectivity index (χ1) is 13.9. The van der Waals surface area contributed by atoms with E-state index in [9.17, 15) is 0 Å². The second-order valence-electron chi connectivity index (χ2n) is 8.00. The third-order valence-corrected chi connectivity index (χ3v) is 6.36. The minimum Gasteiger partial charge on any atom is -0.455 e. The number of ether oxygens (including phenoxy) is 1. The molecule has 1 aromatic carbocycles. The van der Waals surface area contributed by atoms with Gasteiger partial charge in [0.05, 0.1) is 10.9 Å². The molecule has 0 saturated carbocycles. The summed E-state index contributed by atoms with van der Waals surface area (Å²) in [6, 6.07) is 6.62. The summed E-state index contributed by atoms with van der Waals surface area (Å²) in [7, 11) is 0. The summed E-state index contributed by atoms with van der Waals surface area (Å²) in [6.07, 6.45) is 20.8. The van der Waals surface area contributed by atoms with Crippen LogP contribution in [0.15, 0.2) is 54.4 Å². The number of allylic oxidation sites excluding steroid dienone is 2. The molecule has 0 amide bonds. The lowest BCUT2D eigenvalue weighted by Gasteiger charge is -2.34. The van der Waals surface area contributed by atoms with E-state index in [0.29, 0.717) is 0 Å². The molecule has 5 heterocycles. The summed E-state index contributed by atoms with van der Waals surface area (Å²) in [4.78, 5) is 2.33. The molecule has 28 heavy (non-hydrogen) atoms. The molecule has 2 aromatic rings. The first kappa shape index (κ1) is 14.7. The van der Waals surface area contributed by atoms with Gasteiger partial charge in [-0.15, -0.1) is 0 Å². The van der Waals surface area contributed by atoms with E-state index in [4.69, 9.17) is 4.74 Å². The third-order valence-electron chi connectivity index (χ3n) is 6.36. The number of rotatable bonds is 0. The topological polar surface area (TPSA) is 16.4 Å². The summed E-state index contributed by atoms with van der Waals surface area (Å²) < 4.78 is 8.96. The van der Waals surface area contributed by atoms with E-state index in [1.807, 2.05) is 0 Å². The number of hydrogen-bond donors (Lipinski definition) is 0. The molecule has 7 rings (SSSR count). The highest BCUT2D eigenvalue weighted by Gasteiger charge is 2.31. The molecule has 0 unspecified atom stereocenters. The summed E-state index contributed by atoms with van der Waals surface area (Å²) >= 11 is 0. The fourth-order valence-electron chi connectivity index (χ4n) is 5.23. The predicted molar refractivity (Wildman–Crippen MR) is 112 cm³/mol. The molecule has 5 aliphatic rings. The average Bonchev–Trinajstić information content (AvgIpc) is 2.74. The highest BCUT2D eigenvalue weighted by Crippen LogP contribution is 2.46. The number of benzene rings is 1. The monoisotopic (exact) mass is 363 g/mol. The van der Waals surface area contributed by atoms with E-state index in [2.05, 4.69) is 76.6 Å². The maximum absolute atomic E-state index is 6.72. The molecule has 4 aliphatic heterocycles. The van der Waals surface area contributed by atoms with Crippen LogP contribution in [0, 0.1) is 0 Å². The van der Waals surface area contributed by atoms with Crippen LogP contribution >= 0.6 is 0 Å². The highest BCUT2D eigenvalue weighted by atomic mass is 16.5. The van der Waals surface area contributed by atoms with Gasteiger partial charge in [0.1, 0.15) is 11.5 Å². The van der Waals surface area contributed by atoms with Gasteiger partial charge in [0.25, 0.3) is 0 Å². The van der Waals surface area contributed by atoms with Crippen molar-refractivity contribution in [2.24, 2.45) is 0 Å². The van der Waals surface area contributed by atoms with Gasteiger partial charge in [-0.3, -0.25) is 0 Å². The maximum atomic E-state index is 6.72. The van der Waals surface area contributed by atoms with Crippen molar-refractivity contribution in [2.75, 3.05) is 11.4 Å². The van der Waals surface area contributed by atoms with Crippen molar-refractivity contribution in [2.45, 2.75) is 19.3 Å². The Morgan fingerprint density at radius 2 is 2.07 bits per heavy atom. The van der Waals surface area contributed by atoms with Crippen molar-refractivity contribution in [3.8, 4) is 5.75 Å². The molecule has 0 saturated heterocycles. The number of fused-ring (bicyclic) bond motifs is 3. The van der Waals surface area contributed by atoms with Gasteiger partial charge in [-0.2, -0.15) is 4.57 Å². The summed E-state index contributed by atoms with van der Waals surface area (Å²) in [5, 5.41) is 2.54. The molecule has 3 heteroatoms. The molecule has 0 fully saturated rings. The van der Waals surface area contributed by atoms with Gasteiger partial charge in [0.15, 0.2) is 12.4 Å². The van der Waals surface area contributed by atoms with E-state index in [1.165, 1.54) is 44.1 Å². The molecule has 134 valence electrons. The second kappa shape index (κ2) is 5.14. The van der Waals surface area contributed by atoms with E-state index in [1.54, 1.807) is 0 Å². The average molecular weight is 363 g/mol. The van der Waals surface area contributed by atoms with Gasteiger partial charge in [-0.25, -0.2) is 0 Å². The Morgan fingerprint density at radius 3 is 3.07 bits per heavy atom. The van der Waals surface area contributed by atoms with Crippen LogP contribution in [0.25, 0.3) is 29.7 Å². The number of aromatic nitrogens is 1. The van der Waals surface area contributed by atoms with Gasteiger partial charge in [-0.05, 0) is 42.7 Å². The lowest BCUT2D eigenvalue weighted by Crippen LogP contribution is -2.57. The van der Waals surface area contributed by atoms with Gasteiger partial charge >= 0.3 is 0 Å². The predicted octanol–water partition coefficient (Wildman–Crippen LogP) is 2.89. The minimum atomic E-state index is 0.925. The molecular weight excluding hydrogens is 344 g/mol. The maximum Gasteiger partial charge on any atom is 0.221 e. The Bertz CT molecular complexity index is 1340. The zero-order valence-electron chi connectivity index (χ0n) is 15.5. The second-order valence-corrected chi connectivity index (χ2v) is 8.00. The largest absolute Gasteiger partial charge is 0.455 e. The third kappa shape index (κ3) is 1.81. The van der Waals surface area contributed by atoms with E-state index < -0.39 is 0 Å². The van der Waals surface area contributed by atoms with Gasteiger partial charge < -0.3 is 9.64 Å².